The third-order valence-electron chi connectivity index (χ3n) is 4.13. The number of likely N-dealkylation sites (tertiary alicyclic amines) is 2. The highest BCUT2D eigenvalue weighted by molar-refractivity contribution is 5.85. The van der Waals surface area contributed by atoms with Crippen molar-refractivity contribution in [3.63, 3.8) is 0 Å². The third-order valence-corrected chi connectivity index (χ3v) is 4.13. The molecule has 102 valence electrons. The number of hydrogen-bond acceptors (Lipinski definition) is 4. The first-order valence-electron chi connectivity index (χ1n) is 6.71. The molecule has 5 nitrogen and oxygen atoms in total. The molecule has 0 unspecified atom stereocenters. The van der Waals surface area contributed by atoms with E-state index in [1.165, 1.54) is 7.11 Å². The molecule has 1 amide bonds. The quantitative estimate of drug-likeness (QED) is 0.693. The zero-order valence-electron chi connectivity index (χ0n) is 11.2. The summed E-state index contributed by atoms with van der Waals surface area (Å²) in [6.07, 6.45) is 4.41. The van der Waals surface area contributed by atoms with Gasteiger partial charge < -0.3 is 14.5 Å². The van der Waals surface area contributed by atoms with Crippen molar-refractivity contribution in [2.45, 2.75) is 44.2 Å². The molecule has 0 saturated carbocycles. The molecule has 0 bridgehead atoms. The van der Waals surface area contributed by atoms with Crippen molar-refractivity contribution in [3.05, 3.63) is 0 Å². The largest absolute Gasteiger partial charge is 0.467 e. The zero-order chi connectivity index (χ0) is 13.1. The Labute approximate surface area is 108 Å². The van der Waals surface area contributed by atoms with E-state index in [0.717, 1.165) is 32.2 Å². The first-order valence-corrected chi connectivity index (χ1v) is 6.71. The molecule has 18 heavy (non-hydrogen) atoms. The van der Waals surface area contributed by atoms with E-state index in [1.54, 1.807) is 4.90 Å². The molecule has 0 aromatic heterocycles. The topological polar surface area (TPSA) is 49.9 Å². The van der Waals surface area contributed by atoms with E-state index in [-0.39, 0.29) is 17.9 Å². The lowest BCUT2D eigenvalue weighted by atomic mass is 10.1. The number of hydrogen-bond donors (Lipinski definition) is 0. The maximum Gasteiger partial charge on any atom is 0.328 e. The minimum absolute atomic E-state index is 0.0988. The van der Waals surface area contributed by atoms with E-state index in [0.29, 0.717) is 19.0 Å². The van der Waals surface area contributed by atoms with Gasteiger partial charge in [0.25, 0.3) is 0 Å². The lowest BCUT2D eigenvalue weighted by Gasteiger charge is -2.26. The summed E-state index contributed by atoms with van der Waals surface area (Å²) in [5.41, 5.74) is 0. The molecule has 2 heterocycles. The molecule has 2 aliphatic heterocycles. The maximum atomic E-state index is 12.3. The van der Waals surface area contributed by atoms with Crippen LogP contribution in [0.25, 0.3) is 0 Å². The van der Waals surface area contributed by atoms with Crippen molar-refractivity contribution in [1.82, 2.24) is 9.80 Å². The maximum absolute atomic E-state index is 12.3. The van der Waals surface area contributed by atoms with E-state index in [4.69, 9.17) is 4.74 Å². The van der Waals surface area contributed by atoms with E-state index in [9.17, 15) is 9.59 Å². The molecular formula is C13H22N2O3. The predicted octanol–water partition coefficient (Wildman–Crippen LogP) is 0.635. The summed E-state index contributed by atoms with van der Waals surface area (Å²) >= 11 is 0. The van der Waals surface area contributed by atoms with Crippen LogP contribution in [0, 0.1) is 0 Å². The van der Waals surface area contributed by atoms with Gasteiger partial charge in [0.15, 0.2) is 0 Å². The lowest BCUT2D eigenvalue weighted by Crippen LogP contribution is -2.43. The first kappa shape index (κ1) is 13.3. The Morgan fingerprint density at radius 1 is 1.22 bits per heavy atom. The molecule has 5 heteroatoms. The van der Waals surface area contributed by atoms with Crippen LogP contribution in [0.5, 0.6) is 0 Å². The summed E-state index contributed by atoms with van der Waals surface area (Å²) in [5, 5.41) is 0. The van der Waals surface area contributed by atoms with Crippen molar-refractivity contribution in [2.75, 3.05) is 27.2 Å². The minimum Gasteiger partial charge on any atom is -0.467 e. The van der Waals surface area contributed by atoms with Crippen LogP contribution in [0.2, 0.25) is 0 Å². The average molecular weight is 254 g/mol. The van der Waals surface area contributed by atoms with Gasteiger partial charge in [-0.05, 0) is 39.3 Å². The molecule has 2 saturated heterocycles. The summed E-state index contributed by atoms with van der Waals surface area (Å²) in [6, 6.07) is -0.00870. The summed E-state index contributed by atoms with van der Waals surface area (Å²) in [6.45, 7) is 1.76. The number of esters is 1. The molecule has 0 aromatic rings. The standard InChI is InChI=1S/C13H22N2O3/c1-14-7-3-5-10(14)9-12(16)15-8-4-6-11(15)13(17)18-2/h10-11H,3-9H2,1-2H3/t10-,11-/m0/s1. The van der Waals surface area contributed by atoms with Crippen LogP contribution in [-0.4, -0.2) is 61.0 Å². The van der Waals surface area contributed by atoms with Crippen molar-refractivity contribution in [3.8, 4) is 0 Å². The Morgan fingerprint density at radius 2 is 1.94 bits per heavy atom. The Kier molecular flexibility index (Phi) is 4.22. The summed E-state index contributed by atoms with van der Waals surface area (Å²) in [4.78, 5) is 27.8. The number of nitrogens with zero attached hydrogens (tertiary/aromatic N) is 2. The van der Waals surface area contributed by atoms with Crippen LogP contribution < -0.4 is 0 Å². The molecule has 2 atom stereocenters. The number of methoxy groups -OCH3 is 1. The summed E-state index contributed by atoms with van der Waals surface area (Å²) in [7, 11) is 3.45. The second-order valence-electron chi connectivity index (χ2n) is 5.25. The molecule has 2 aliphatic rings. The normalized spacial score (nSPS) is 28.7. The van der Waals surface area contributed by atoms with Gasteiger partial charge in [0.1, 0.15) is 6.04 Å². The smallest absolute Gasteiger partial charge is 0.328 e. The fraction of sp³-hybridized carbons (Fsp3) is 0.846. The van der Waals surface area contributed by atoms with Gasteiger partial charge in [0.05, 0.1) is 7.11 Å². The van der Waals surface area contributed by atoms with Crippen LogP contribution in [0.1, 0.15) is 32.1 Å². The fourth-order valence-electron chi connectivity index (χ4n) is 3.00. The fourth-order valence-corrected chi connectivity index (χ4v) is 3.00. The van der Waals surface area contributed by atoms with Crippen LogP contribution in [0.4, 0.5) is 0 Å². The van der Waals surface area contributed by atoms with Gasteiger partial charge in [-0.2, -0.15) is 0 Å². The van der Waals surface area contributed by atoms with Gasteiger partial charge in [0.2, 0.25) is 5.91 Å². The molecule has 0 aromatic carbocycles. The second kappa shape index (κ2) is 5.69. The summed E-state index contributed by atoms with van der Waals surface area (Å²) < 4.78 is 4.76. The van der Waals surface area contributed by atoms with Gasteiger partial charge in [-0.1, -0.05) is 0 Å². The van der Waals surface area contributed by atoms with Crippen molar-refractivity contribution >= 4 is 11.9 Å². The van der Waals surface area contributed by atoms with E-state index in [1.807, 2.05) is 0 Å². The molecule has 0 spiro atoms. The Balaban J connectivity index is 1.93. The highest BCUT2D eigenvalue weighted by Gasteiger charge is 2.36. The SMILES string of the molecule is COC(=O)[C@@H]1CCCN1C(=O)C[C@@H]1CCCN1C. The number of carbonyl (C=O) groups is 2. The van der Waals surface area contributed by atoms with Crippen LogP contribution in [0.15, 0.2) is 0 Å². The third kappa shape index (κ3) is 2.66. The van der Waals surface area contributed by atoms with Crippen LogP contribution >= 0.6 is 0 Å². The zero-order valence-corrected chi connectivity index (χ0v) is 11.2. The Morgan fingerprint density at radius 3 is 2.56 bits per heavy atom. The van der Waals surface area contributed by atoms with Gasteiger partial charge in [0, 0.05) is 19.0 Å². The van der Waals surface area contributed by atoms with E-state index >= 15 is 0 Å². The molecule has 2 fully saturated rings. The Bertz CT molecular complexity index is 332. The summed E-state index contributed by atoms with van der Waals surface area (Å²) in [5.74, 6) is -0.178. The minimum atomic E-state index is -0.353. The van der Waals surface area contributed by atoms with Gasteiger partial charge >= 0.3 is 5.97 Å². The highest BCUT2D eigenvalue weighted by atomic mass is 16.5. The molecule has 0 aliphatic carbocycles. The van der Waals surface area contributed by atoms with E-state index in [2.05, 4.69) is 11.9 Å². The molecule has 0 N–H and O–H groups in total. The lowest BCUT2D eigenvalue weighted by molar-refractivity contribution is -0.151. The molecule has 2 rings (SSSR count). The molecular weight excluding hydrogens is 232 g/mol. The number of amides is 1. The van der Waals surface area contributed by atoms with Crippen LogP contribution in [-0.2, 0) is 14.3 Å². The number of carbonyl (C=O) groups excluding carboxylic acids is 2. The predicted molar refractivity (Wildman–Crippen MR) is 67.0 cm³/mol. The molecule has 0 radical (unpaired) electrons. The van der Waals surface area contributed by atoms with Crippen molar-refractivity contribution < 1.29 is 14.3 Å². The van der Waals surface area contributed by atoms with Gasteiger partial charge in [-0.3, -0.25) is 4.79 Å². The number of rotatable bonds is 3. The van der Waals surface area contributed by atoms with Crippen molar-refractivity contribution in [2.24, 2.45) is 0 Å². The van der Waals surface area contributed by atoms with E-state index < -0.39 is 0 Å². The average Bonchev–Trinajstić information content (AvgIpc) is 2.98. The van der Waals surface area contributed by atoms with Gasteiger partial charge in [-0.15, -0.1) is 0 Å². The number of ether oxygens (including phenoxy) is 1. The van der Waals surface area contributed by atoms with Gasteiger partial charge in [-0.25, -0.2) is 4.79 Å². The van der Waals surface area contributed by atoms with Crippen LogP contribution in [0.3, 0.4) is 0 Å². The first-order chi connectivity index (χ1) is 8.63. The Hall–Kier alpha value is -1.10. The highest BCUT2D eigenvalue weighted by Crippen LogP contribution is 2.23. The van der Waals surface area contributed by atoms with Crippen molar-refractivity contribution in [1.29, 1.82) is 0 Å². The monoisotopic (exact) mass is 254 g/mol. The second-order valence-corrected chi connectivity index (χ2v) is 5.25.